The van der Waals surface area contributed by atoms with E-state index in [-0.39, 0.29) is 18.2 Å². The molecule has 1 fully saturated rings. The lowest BCUT2D eigenvalue weighted by molar-refractivity contribution is -0.146. The molecule has 3 rings (SSSR count). The molecule has 9 heteroatoms. The van der Waals surface area contributed by atoms with Crippen molar-refractivity contribution in [2.75, 3.05) is 6.54 Å². The van der Waals surface area contributed by atoms with Gasteiger partial charge in [-0.05, 0) is 38.0 Å². The van der Waals surface area contributed by atoms with Gasteiger partial charge in [-0.15, -0.1) is 0 Å². The van der Waals surface area contributed by atoms with E-state index in [4.69, 9.17) is 22.1 Å². The van der Waals surface area contributed by atoms with Crippen LogP contribution in [-0.4, -0.2) is 40.3 Å². The summed E-state index contributed by atoms with van der Waals surface area (Å²) in [6, 6.07) is 2.93. The van der Waals surface area contributed by atoms with Crippen molar-refractivity contribution in [1.82, 2.24) is 15.1 Å². The summed E-state index contributed by atoms with van der Waals surface area (Å²) >= 11 is 6.15. The number of halogens is 2. The number of hydrogen-bond donors (Lipinski definition) is 2. The first-order valence-corrected chi connectivity index (χ1v) is 9.03. The average Bonchev–Trinajstić information content (AvgIpc) is 3.37. The Balaban J connectivity index is 1.72. The van der Waals surface area contributed by atoms with Gasteiger partial charge < -0.3 is 15.8 Å². The van der Waals surface area contributed by atoms with Gasteiger partial charge in [0.15, 0.2) is 0 Å². The lowest BCUT2D eigenvalue weighted by Gasteiger charge is -2.13. The Kier molecular flexibility index (Phi) is 5.76. The van der Waals surface area contributed by atoms with E-state index in [1.165, 1.54) is 18.3 Å². The zero-order valence-electron chi connectivity index (χ0n) is 14.7. The second kappa shape index (κ2) is 8.06. The quantitative estimate of drug-likeness (QED) is 0.701. The molecule has 1 aromatic heterocycles. The Morgan fingerprint density at radius 1 is 1.44 bits per heavy atom. The Hall–Kier alpha value is -2.45. The molecule has 1 heterocycles. The fourth-order valence-corrected chi connectivity index (χ4v) is 2.82. The van der Waals surface area contributed by atoms with E-state index in [2.05, 4.69) is 10.4 Å². The molecular weight excluding hydrogens is 375 g/mol. The third-order valence-electron chi connectivity index (χ3n) is 4.12. The molecule has 1 aliphatic carbocycles. The van der Waals surface area contributed by atoms with Gasteiger partial charge >= 0.3 is 5.97 Å². The molecule has 0 bridgehead atoms. The molecule has 1 aromatic carbocycles. The first-order valence-electron chi connectivity index (χ1n) is 8.65. The highest BCUT2D eigenvalue weighted by Crippen LogP contribution is 2.29. The van der Waals surface area contributed by atoms with Gasteiger partial charge in [0, 0.05) is 24.2 Å². The third-order valence-corrected chi connectivity index (χ3v) is 4.40. The van der Waals surface area contributed by atoms with E-state index < -0.39 is 23.7 Å². The number of benzene rings is 1. The average molecular weight is 395 g/mol. The minimum absolute atomic E-state index is 0.0572. The van der Waals surface area contributed by atoms with Crippen LogP contribution >= 0.6 is 11.6 Å². The number of rotatable bonds is 7. The minimum Gasteiger partial charge on any atom is -0.461 e. The number of nitrogens with two attached hydrogens (primary N) is 1. The molecule has 1 atom stereocenters. The van der Waals surface area contributed by atoms with Gasteiger partial charge in [0.05, 0.1) is 16.9 Å². The second-order valence-corrected chi connectivity index (χ2v) is 6.75. The molecule has 2 aromatic rings. The number of amides is 1. The van der Waals surface area contributed by atoms with Gasteiger partial charge in [0.25, 0.3) is 5.91 Å². The molecule has 0 saturated heterocycles. The van der Waals surface area contributed by atoms with Crippen molar-refractivity contribution in [3.05, 3.63) is 40.8 Å². The number of carbonyl (C=O) groups excluding carboxylic acids is 2. The zero-order chi connectivity index (χ0) is 19.6. The van der Waals surface area contributed by atoms with Crippen LogP contribution < -0.4 is 11.1 Å². The fourth-order valence-electron chi connectivity index (χ4n) is 2.57. The Morgan fingerprint density at radius 2 is 2.19 bits per heavy atom. The summed E-state index contributed by atoms with van der Waals surface area (Å²) in [7, 11) is 0. The van der Waals surface area contributed by atoms with Crippen LogP contribution in [0.25, 0.3) is 11.3 Å². The van der Waals surface area contributed by atoms with E-state index in [9.17, 15) is 14.0 Å². The van der Waals surface area contributed by atoms with Gasteiger partial charge in [-0.3, -0.25) is 14.3 Å². The van der Waals surface area contributed by atoms with Crippen LogP contribution in [-0.2, 0) is 16.1 Å². The molecule has 7 nitrogen and oxygen atoms in total. The molecule has 1 unspecified atom stereocenters. The summed E-state index contributed by atoms with van der Waals surface area (Å²) in [5.74, 6) is -1.70. The molecule has 3 N–H and O–H groups in total. The largest absolute Gasteiger partial charge is 0.461 e. The van der Waals surface area contributed by atoms with Crippen LogP contribution in [0, 0.1) is 5.82 Å². The number of ether oxygens (including phenoxy) is 1. The van der Waals surface area contributed by atoms with Crippen molar-refractivity contribution in [2.24, 2.45) is 5.73 Å². The molecule has 0 aliphatic heterocycles. The normalized spacial score (nSPS) is 14.7. The fraction of sp³-hybridized carbons (Fsp3) is 0.389. The molecule has 1 saturated carbocycles. The van der Waals surface area contributed by atoms with Crippen LogP contribution in [0.5, 0.6) is 0 Å². The monoisotopic (exact) mass is 394 g/mol. The molecule has 1 aliphatic rings. The van der Waals surface area contributed by atoms with E-state index in [0.29, 0.717) is 22.8 Å². The van der Waals surface area contributed by atoms with Crippen LogP contribution in [0.15, 0.2) is 24.4 Å². The summed E-state index contributed by atoms with van der Waals surface area (Å²) in [5.41, 5.74) is 6.77. The van der Waals surface area contributed by atoms with Gasteiger partial charge in [-0.25, -0.2) is 4.39 Å². The van der Waals surface area contributed by atoms with Gasteiger partial charge in [0.2, 0.25) is 0 Å². The van der Waals surface area contributed by atoms with Crippen molar-refractivity contribution < 1.29 is 18.7 Å². The maximum absolute atomic E-state index is 14.1. The highest BCUT2D eigenvalue weighted by atomic mass is 35.5. The predicted octanol–water partition coefficient (Wildman–Crippen LogP) is 2.13. The van der Waals surface area contributed by atoms with Crippen LogP contribution in [0.4, 0.5) is 4.39 Å². The SMILES string of the molecule is CCn1ncc(Cl)c1-c1cc(F)cc(C(=O)NCC(N)C(=O)OC2CC2)c1. The molecule has 0 spiro atoms. The minimum atomic E-state index is -0.974. The van der Waals surface area contributed by atoms with E-state index in [1.807, 2.05) is 6.92 Å². The van der Waals surface area contributed by atoms with Crippen molar-refractivity contribution in [2.45, 2.75) is 38.5 Å². The molecule has 27 heavy (non-hydrogen) atoms. The predicted molar refractivity (Wildman–Crippen MR) is 97.7 cm³/mol. The zero-order valence-corrected chi connectivity index (χ0v) is 15.5. The van der Waals surface area contributed by atoms with Crippen molar-refractivity contribution in [1.29, 1.82) is 0 Å². The van der Waals surface area contributed by atoms with Crippen molar-refractivity contribution in [3.8, 4) is 11.3 Å². The summed E-state index contributed by atoms with van der Waals surface area (Å²) in [6.45, 7) is 2.31. The number of esters is 1. The van der Waals surface area contributed by atoms with Crippen molar-refractivity contribution in [3.63, 3.8) is 0 Å². The van der Waals surface area contributed by atoms with Gasteiger partial charge in [-0.1, -0.05) is 11.6 Å². The Bertz CT molecular complexity index is 866. The summed E-state index contributed by atoms with van der Waals surface area (Å²) < 4.78 is 20.8. The smallest absolute Gasteiger partial charge is 0.325 e. The van der Waals surface area contributed by atoms with E-state index in [1.54, 1.807) is 4.68 Å². The molecule has 0 radical (unpaired) electrons. The number of aromatic nitrogens is 2. The maximum atomic E-state index is 14.1. The number of hydrogen-bond acceptors (Lipinski definition) is 5. The first-order chi connectivity index (χ1) is 12.9. The number of nitrogens with zero attached hydrogens (tertiary/aromatic N) is 2. The summed E-state index contributed by atoms with van der Waals surface area (Å²) in [5, 5.41) is 7.01. The second-order valence-electron chi connectivity index (χ2n) is 6.34. The van der Waals surface area contributed by atoms with Gasteiger partial charge in [-0.2, -0.15) is 5.10 Å². The maximum Gasteiger partial charge on any atom is 0.325 e. The topological polar surface area (TPSA) is 99.2 Å². The standard InChI is InChI=1S/C18H20ClFN4O3/c1-2-24-16(14(19)8-23-24)10-5-11(7-12(20)6-10)17(25)22-9-15(21)18(26)27-13-3-4-13/h5-8,13,15H,2-4,9,21H2,1H3,(H,22,25). The highest BCUT2D eigenvalue weighted by Gasteiger charge is 2.28. The molecular formula is C18H20ClFN4O3. The van der Waals surface area contributed by atoms with Crippen LogP contribution in [0.2, 0.25) is 5.02 Å². The number of carbonyl (C=O) groups is 2. The highest BCUT2D eigenvalue weighted by molar-refractivity contribution is 6.33. The van der Waals surface area contributed by atoms with Crippen LogP contribution in [0.3, 0.4) is 0 Å². The Labute approximate surface area is 160 Å². The Morgan fingerprint density at radius 3 is 2.85 bits per heavy atom. The number of aryl methyl sites for hydroxylation is 1. The summed E-state index contributed by atoms with van der Waals surface area (Å²) in [4.78, 5) is 24.1. The van der Waals surface area contributed by atoms with Gasteiger partial charge in [0.1, 0.15) is 18.0 Å². The molecule has 144 valence electrons. The lowest BCUT2D eigenvalue weighted by Crippen LogP contribution is -2.43. The first kappa shape index (κ1) is 19.3. The third kappa shape index (κ3) is 4.64. The van der Waals surface area contributed by atoms with E-state index >= 15 is 0 Å². The lowest BCUT2D eigenvalue weighted by atomic mass is 10.1. The van der Waals surface area contributed by atoms with Crippen LogP contribution in [0.1, 0.15) is 30.1 Å². The van der Waals surface area contributed by atoms with E-state index in [0.717, 1.165) is 18.9 Å². The molecule has 1 amide bonds. The number of nitrogens with one attached hydrogen (secondary N) is 1. The van der Waals surface area contributed by atoms with Crippen molar-refractivity contribution >= 4 is 23.5 Å². The summed E-state index contributed by atoms with van der Waals surface area (Å²) in [6.07, 6.45) is 3.09.